The van der Waals surface area contributed by atoms with E-state index in [9.17, 15) is 14.4 Å². The molecular weight excluding hydrogens is 621 g/mol. The number of imidazole rings is 1. The Hall–Kier alpha value is -5.26. The number of primary amides is 1. The molecule has 256 valence electrons. The van der Waals surface area contributed by atoms with Gasteiger partial charge in [0.05, 0.1) is 32.2 Å². The van der Waals surface area contributed by atoms with Crippen LogP contribution in [-0.4, -0.2) is 66.5 Å². The number of nitrogens with one attached hydrogen (secondary N) is 2. The lowest BCUT2D eigenvalue weighted by Crippen LogP contribution is -2.51. The van der Waals surface area contributed by atoms with Crippen LogP contribution >= 0.6 is 0 Å². The number of nitrogens with zero attached hydrogens (tertiary/aromatic N) is 2. The quantitative estimate of drug-likeness (QED) is 0.184. The lowest BCUT2D eigenvalue weighted by atomic mass is 9.93. The summed E-state index contributed by atoms with van der Waals surface area (Å²) in [6, 6.07) is 14.6. The molecule has 1 heterocycles. The summed E-state index contributed by atoms with van der Waals surface area (Å²) in [6.07, 6.45) is 1.08. The molecule has 0 bridgehead atoms. The minimum Gasteiger partial charge on any atom is -0.493 e. The van der Waals surface area contributed by atoms with Gasteiger partial charge in [0.2, 0.25) is 11.8 Å². The maximum atomic E-state index is 14.8. The minimum atomic E-state index is -1.06. The number of ether oxygens (including phenoxy) is 3. The first-order chi connectivity index (χ1) is 23.1. The summed E-state index contributed by atoms with van der Waals surface area (Å²) in [6.45, 7) is 10.9. The van der Waals surface area contributed by atoms with Crippen molar-refractivity contribution in [2.75, 3.05) is 14.2 Å². The van der Waals surface area contributed by atoms with Crippen LogP contribution in [0.15, 0.2) is 60.8 Å². The molecule has 11 nitrogen and oxygen atoms in total. The summed E-state index contributed by atoms with van der Waals surface area (Å²) in [7, 11) is 9.12. The zero-order chi connectivity index (χ0) is 36.0. The van der Waals surface area contributed by atoms with E-state index >= 15 is 0 Å². The van der Waals surface area contributed by atoms with Crippen molar-refractivity contribution in [2.45, 2.75) is 72.2 Å². The molecule has 0 aliphatic heterocycles. The predicted molar refractivity (Wildman–Crippen MR) is 189 cm³/mol. The molecule has 4 N–H and O–H groups in total. The Balaban J connectivity index is 1.79. The highest BCUT2D eigenvalue weighted by molar-refractivity contribution is 6.32. The summed E-state index contributed by atoms with van der Waals surface area (Å²) in [4.78, 5) is 49.6. The van der Waals surface area contributed by atoms with Crippen LogP contribution in [0.1, 0.15) is 72.2 Å². The fourth-order valence-corrected chi connectivity index (χ4v) is 5.64. The standard InChI is InChI=1S/C37H44BN5O6/c1-21-14-26(33(39)44)15-22(2)28(21)18-29(42-36(46)49-37(4,5)6)35(45)43(20-24-12-13-31(47-7)32(16-24)48-8)23(3)34-40-19-30(41-34)25-10-9-11-27(38)17-25/h9-17,19,23,29H,18,20H2,1-8H3,(H2,39,44)(H,40,41)(H,42,46)/t23-,29-/m0/s1. The largest absolute Gasteiger partial charge is 0.493 e. The molecule has 12 heteroatoms. The number of aromatic nitrogens is 2. The zero-order valence-electron chi connectivity index (χ0n) is 29.3. The molecule has 3 aromatic carbocycles. The normalized spacial score (nSPS) is 12.5. The lowest BCUT2D eigenvalue weighted by Gasteiger charge is -2.33. The second kappa shape index (κ2) is 15.3. The highest BCUT2D eigenvalue weighted by Gasteiger charge is 2.33. The van der Waals surface area contributed by atoms with Crippen molar-refractivity contribution in [1.82, 2.24) is 20.2 Å². The van der Waals surface area contributed by atoms with E-state index in [2.05, 4.69) is 15.3 Å². The summed E-state index contributed by atoms with van der Waals surface area (Å²) in [5.41, 5.74) is 10.4. The first kappa shape index (κ1) is 36.6. The van der Waals surface area contributed by atoms with Gasteiger partial charge < -0.3 is 35.1 Å². The molecule has 3 amide bonds. The number of hydrogen-bond acceptors (Lipinski definition) is 7. The van der Waals surface area contributed by atoms with Crippen molar-refractivity contribution in [3.63, 3.8) is 0 Å². The van der Waals surface area contributed by atoms with Crippen molar-refractivity contribution in [2.24, 2.45) is 5.73 Å². The highest BCUT2D eigenvalue weighted by Crippen LogP contribution is 2.31. The van der Waals surface area contributed by atoms with E-state index in [4.69, 9.17) is 27.8 Å². The van der Waals surface area contributed by atoms with E-state index < -0.39 is 29.7 Å². The Labute approximate surface area is 288 Å². The lowest BCUT2D eigenvalue weighted by molar-refractivity contribution is -0.136. The molecule has 1 aromatic heterocycles. The van der Waals surface area contributed by atoms with Crippen LogP contribution in [0, 0.1) is 13.8 Å². The Bertz CT molecular complexity index is 1810. The third-order valence-corrected chi connectivity index (χ3v) is 8.12. The van der Waals surface area contributed by atoms with Gasteiger partial charge in [0.1, 0.15) is 25.3 Å². The third kappa shape index (κ3) is 9.22. The van der Waals surface area contributed by atoms with Crippen LogP contribution in [0.25, 0.3) is 11.3 Å². The second-order valence-electron chi connectivity index (χ2n) is 13.0. The number of benzene rings is 3. The van der Waals surface area contributed by atoms with Crippen molar-refractivity contribution >= 4 is 31.2 Å². The number of H-pyrrole nitrogens is 1. The van der Waals surface area contributed by atoms with Crippen molar-refractivity contribution in [3.05, 3.63) is 94.4 Å². The monoisotopic (exact) mass is 665 g/mol. The van der Waals surface area contributed by atoms with Crippen LogP contribution in [0.4, 0.5) is 4.79 Å². The van der Waals surface area contributed by atoms with Crippen molar-refractivity contribution in [1.29, 1.82) is 0 Å². The average molecular weight is 666 g/mol. The van der Waals surface area contributed by atoms with Gasteiger partial charge in [-0.2, -0.15) is 0 Å². The molecule has 4 aromatic rings. The minimum absolute atomic E-state index is 0.122. The van der Waals surface area contributed by atoms with E-state index in [-0.39, 0.29) is 18.9 Å². The molecule has 0 aliphatic carbocycles. The predicted octanol–water partition coefficient (Wildman–Crippen LogP) is 4.83. The molecule has 0 unspecified atom stereocenters. The molecule has 0 fully saturated rings. The fraction of sp³-hybridized carbons (Fsp3) is 0.351. The van der Waals surface area contributed by atoms with Crippen LogP contribution < -0.4 is 26.0 Å². The number of amides is 3. The average Bonchev–Trinajstić information content (AvgIpc) is 3.53. The van der Waals surface area contributed by atoms with Gasteiger partial charge in [-0.25, -0.2) is 9.78 Å². The third-order valence-electron chi connectivity index (χ3n) is 8.12. The summed E-state index contributed by atoms with van der Waals surface area (Å²) < 4.78 is 16.6. The van der Waals surface area contributed by atoms with Crippen molar-refractivity contribution in [3.8, 4) is 22.8 Å². The molecule has 0 saturated carbocycles. The van der Waals surface area contributed by atoms with E-state index in [0.29, 0.717) is 28.3 Å². The number of methoxy groups -OCH3 is 2. The Morgan fingerprint density at radius 2 is 1.67 bits per heavy atom. The summed E-state index contributed by atoms with van der Waals surface area (Å²) >= 11 is 0. The van der Waals surface area contributed by atoms with Gasteiger partial charge in [-0.1, -0.05) is 35.8 Å². The first-order valence-electron chi connectivity index (χ1n) is 15.9. The Morgan fingerprint density at radius 1 is 1.00 bits per heavy atom. The molecule has 49 heavy (non-hydrogen) atoms. The van der Waals surface area contributed by atoms with Crippen LogP contribution in [0.3, 0.4) is 0 Å². The number of alkyl carbamates (subject to hydrolysis) is 1. The molecule has 0 saturated heterocycles. The molecular formula is C37H44BN5O6. The SMILES string of the molecule is [B]c1cccc(-c2cnc([C@H](C)N(Cc3ccc(OC)c(OC)c3)C(=O)[C@H](Cc3c(C)cc(C(N)=O)cc3C)NC(=O)OC(C)(C)C)[nH]2)c1. The van der Waals surface area contributed by atoms with Gasteiger partial charge >= 0.3 is 6.09 Å². The van der Waals surface area contributed by atoms with Crippen molar-refractivity contribution < 1.29 is 28.6 Å². The van der Waals surface area contributed by atoms with E-state index in [1.807, 2.05) is 45.0 Å². The zero-order valence-corrected chi connectivity index (χ0v) is 29.3. The maximum absolute atomic E-state index is 14.8. The molecule has 0 spiro atoms. The van der Waals surface area contributed by atoms with E-state index in [1.165, 1.54) is 0 Å². The molecule has 2 atom stereocenters. The highest BCUT2D eigenvalue weighted by atomic mass is 16.6. The van der Waals surface area contributed by atoms with Crippen LogP contribution in [-0.2, 0) is 22.5 Å². The smallest absolute Gasteiger partial charge is 0.408 e. The van der Waals surface area contributed by atoms with Gasteiger partial charge in [0.15, 0.2) is 11.5 Å². The number of carbonyl (C=O) groups excluding carboxylic acids is 3. The maximum Gasteiger partial charge on any atom is 0.408 e. The molecule has 4 rings (SSSR count). The fourth-order valence-electron chi connectivity index (χ4n) is 5.64. The van der Waals surface area contributed by atoms with Gasteiger partial charge in [0, 0.05) is 18.5 Å². The number of aryl methyl sites for hydroxylation is 2. The van der Waals surface area contributed by atoms with Gasteiger partial charge in [-0.15, -0.1) is 0 Å². The number of rotatable bonds is 12. The first-order valence-corrected chi connectivity index (χ1v) is 15.9. The van der Waals surface area contributed by atoms with Gasteiger partial charge in [-0.05, 0) is 93.6 Å². The number of nitrogens with two attached hydrogens (primary N) is 1. The number of carbonyl (C=O) groups is 3. The second-order valence-corrected chi connectivity index (χ2v) is 13.0. The number of aromatic amines is 1. The topological polar surface area (TPSA) is 149 Å². The van der Waals surface area contributed by atoms with Gasteiger partial charge in [-0.3, -0.25) is 9.59 Å². The molecule has 2 radical (unpaired) electrons. The number of hydrogen-bond donors (Lipinski definition) is 3. The van der Waals surface area contributed by atoms with Gasteiger partial charge in [0.25, 0.3) is 0 Å². The summed E-state index contributed by atoms with van der Waals surface area (Å²) in [5, 5.41) is 2.83. The van der Waals surface area contributed by atoms with Crippen LogP contribution in [0.5, 0.6) is 11.5 Å². The van der Waals surface area contributed by atoms with E-state index in [0.717, 1.165) is 33.5 Å². The molecule has 0 aliphatic rings. The summed E-state index contributed by atoms with van der Waals surface area (Å²) in [5.74, 6) is 0.646. The Kier molecular flexibility index (Phi) is 11.4. The Morgan fingerprint density at radius 3 is 2.27 bits per heavy atom. The van der Waals surface area contributed by atoms with Crippen LogP contribution in [0.2, 0.25) is 0 Å². The van der Waals surface area contributed by atoms with E-state index in [1.54, 1.807) is 76.4 Å².